The average Bonchev–Trinajstić information content (AvgIpc) is 2.97. The fourth-order valence-electron chi connectivity index (χ4n) is 4.65. The number of piperidine rings is 1. The summed E-state index contributed by atoms with van der Waals surface area (Å²) in [6.07, 6.45) is 5.21. The molecule has 0 bridgehead atoms. The average molecular weight is 308 g/mol. The lowest BCUT2D eigenvalue weighted by Crippen LogP contribution is -2.49. The van der Waals surface area contributed by atoms with Crippen LogP contribution in [0.15, 0.2) is 24.4 Å². The van der Waals surface area contributed by atoms with Crippen LogP contribution in [0.1, 0.15) is 29.9 Å². The summed E-state index contributed by atoms with van der Waals surface area (Å²) in [7, 11) is 2.27. The second-order valence-corrected chi connectivity index (χ2v) is 7.12. The Kier molecular flexibility index (Phi) is 3.84. The highest BCUT2D eigenvalue weighted by molar-refractivity contribution is 5.88. The van der Waals surface area contributed by atoms with E-state index in [0.29, 0.717) is 24.3 Å². The Morgan fingerprint density at radius 2 is 2.35 bits per heavy atom. The number of H-pyrrole nitrogens is 1. The molecule has 2 aromatic rings. The molecular formula is C19H24N4. The number of hydrogen-bond donors (Lipinski definition) is 2. The highest BCUT2D eigenvalue weighted by Crippen LogP contribution is 2.44. The van der Waals surface area contributed by atoms with Crippen molar-refractivity contribution in [3.05, 3.63) is 35.5 Å². The van der Waals surface area contributed by atoms with Gasteiger partial charge in [0.15, 0.2) is 0 Å². The molecule has 1 saturated heterocycles. The standard InChI is InChI=1S/C19H24N4/c1-23-12-13(10-21-7-3-6-20)8-16-15-4-2-5-17-19(15)14(11-22-17)9-18(16)23/h2,4-5,11,13,16,18,21-22H,3,7-10,12H2,1H3/t13-,16?,18+/m0/s1. The maximum Gasteiger partial charge on any atom is 0.0635 e. The lowest BCUT2D eigenvalue weighted by molar-refractivity contribution is 0.111. The first-order valence-electron chi connectivity index (χ1n) is 8.64. The number of aromatic amines is 1. The van der Waals surface area contributed by atoms with E-state index in [0.717, 1.165) is 26.1 Å². The van der Waals surface area contributed by atoms with Crippen LogP contribution >= 0.6 is 0 Å². The Labute approximate surface area is 137 Å². The predicted octanol–water partition coefficient (Wildman–Crippen LogP) is 2.63. The van der Waals surface area contributed by atoms with Gasteiger partial charge in [-0.25, -0.2) is 0 Å². The molecule has 4 heteroatoms. The number of likely N-dealkylation sites (N-methyl/N-ethyl adjacent to an activating group) is 1. The number of nitrogens with zero attached hydrogens (tertiary/aromatic N) is 2. The summed E-state index contributed by atoms with van der Waals surface area (Å²) < 4.78 is 0. The quantitative estimate of drug-likeness (QED) is 0.854. The lowest BCUT2D eigenvalue weighted by Gasteiger charge is -2.45. The van der Waals surface area contributed by atoms with Crippen LogP contribution in [0.3, 0.4) is 0 Å². The Morgan fingerprint density at radius 1 is 1.43 bits per heavy atom. The van der Waals surface area contributed by atoms with Gasteiger partial charge in [0.2, 0.25) is 0 Å². The zero-order chi connectivity index (χ0) is 15.8. The van der Waals surface area contributed by atoms with Crippen molar-refractivity contribution in [2.45, 2.75) is 31.2 Å². The van der Waals surface area contributed by atoms with Gasteiger partial charge < -0.3 is 15.2 Å². The van der Waals surface area contributed by atoms with Gasteiger partial charge in [-0.3, -0.25) is 0 Å². The molecule has 1 aromatic heterocycles. The van der Waals surface area contributed by atoms with Crippen molar-refractivity contribution in [2.24, 2.45) is 5.92 Å². The molecule has 1 aromatic carbocycles. The first kappa shape index (κ1) is 14.7. The van der Waals surface area contributed by atoms with Gasteiger partial charge in [0.05, 0.1) is 6.07 Å². The van der Waals surface area contributed by atoms with E-state index < -0.39 is 0 Å². The van der Waals surface area contributed by atoms with E-state index in [1.54, 1.807) is 0 Å². The van der Waals surface area contributed by atoms with Crippen molar-refractivity contribution >= 4 is 10.9 Å². The molecule has 2 N–H and O–H groups in total. The SMILES string of the molecule is CN1C[C@H](CNCCC#N)CC2c3cccc4[nH]cc(c34)C[C@H]21. The zero-order valence-corrected chi connectivity index (χ0v) is 13.7. The fraction of sp³-hybridized carbons (Fsp3) is 0.526. The van der Waals surface area contributed by atoms with E-state index >= 15 is 0 Å². The minimum atomic E-state index is 0.598. The van der Waals surface area contributed by atoms with Crippen molar-refractivity contribution in [3.63, 3.8) is 0 Å². The molecule has 0 saturated carbocycles. The number of aromatic nitrogens is 1. The molecule has 1 fully saturated rings. The van der Waals surface area contributed by atoms with Crippen molar-refractivity contribution in [3.8, 4) is 6.07 Å². The minimum Gasteiger partial charge on any atom is -0.361 e. The number of likely N-dealkylation sites (tertiary alicyclic amines) is 1. The molecule has 23 heavy (non-hydrogen) atoms. The summed E-state index contributed by atoms with van der Waals surface area (Å²) in [6, 6.07) is 9.54. The van der Waals surface area contributed by atoms with Crippen molar-refractivity contribution < 1.29 is 0 Å². The van der Waals surface area contributed by atoms with Gasteiger partial charge >= 0.3 is 0 Å². The third-order valence-corrected chi connectivity index (χ3v) is 5.66. The summed E-state index contributed by atoms with van der Waals surface area (Å²) in [6.45, 7) is 2.98. The number of nitriles is 1. The fourth-order valence-corrected chi connectivity index (χ4v) is 4.65. The van der Waals surface area contributed by atoms with Crippen LogP contribution in [0, 0.1) is 17.2 Å². The van der Waals surface area contributed by atoms with Gasteiger partial charge in [-0.1, -0.05) is 12.1 Å². The number of hydrogen-bond acceptors (Lipinski definition) is 3. The first-order chi connectivity index (χ1) is 11.3. The molecule has 1 aliphatic heterocycles. The molecule has 4 rings (SSSR count). The number of benzene rings is 1. The number of rotatable bonds is 4. The molecule has 1 unspecified atom stereocenters. The van der Waals surface area contributed by atoms with Crippen molar-refractivity contribution in [1.82, 2.24) is 15.2 Å². The largest absolute Gasteiger partial charge is 0.361 e. The maximum atomic E-state index is 8.66. The zero-order valence-electron chi connectivity index (χ0n) is 13.7. The Balaban J connectivity index is 1.57. The maximum absolute atomic E-state index is 8.66. The summed E-state index contributed by atoms with van der Waals surface area (Å²) in [4.78, 5) is 6.00. The molecule has 0 amide bonds. The third-order valence-electron chi connectivity index (χ3n) is 5.66. The van der Waals surface area contributed by atoms with Crippen LogP contribution in [0.5, 0.6) is 0 Å². The molecule has 2 heterocycles. The highest BCUT2D eigenvalue weighted by Gasteiger charge is 2.39. The van der Waals surface area contributed by atoms with Crippen LogP contribution in [0.4, 0.5) is 0 Å². The molecule has 2 aliphatic rings. The normalized spacial score (nSPS) is 26.9. The smallest absolute Gasteiger partial charge is 0.0635 e. The van der Waals surface area contributed by atoms with Gasteiger partial charge in [0.1, 0.15) is 0 Å². The monoisotopic (exact) mass is 308 g/mol. The highest BCUT2D eigenvalue weighted by atomic mass is 15.2. The van der Waals surface area contributed by atoms with Crippen LogP contribution < -0.4 is 5.32 Å². The van der Waals surface area contributed by atoms with Crippen LogP contribution in [0.25, 0.3) is 10.9 Å². The Hall–Kier alpha value is -1.83. The molecule has 3 atom stereocenters. The van der Waals surface area contributed by atoms with E-state index in [9.17, 15) is 0 Å². The van der Waals surface area contributed by atoms with E-state index in [2.05, 4.69) is 52.7 Å². The van der Waals surface area contributed by atoms with E-state index in [1.165, 1.54) is 28.5 Å². The lowest BCUT2D eigenvalue weighted by atomic mass is 9.72. The van der Waals surface area contributed by atoms with Crippen LogP contribution in [0.2, 0.25) is 0 Å². The molecule has 0 radical (unpaired) electrons. The summed E-state index contributed by atoms with van der Waals surface area (Å²) in [5.74, 6) is 1.29. The van der Waals surface area contributed by atoms with Gasteiger partial charge in [-0.2, -0.15) is 5.26 Å². The van der Waals surface area contributed by atoms with E-state index in [1.807, 2.05) is 0 Å². The summed E-state index contributed by atoms with van der Waals surface area (Å²) in [5, 5.41) is 13.6. The van der Waals surface area contributed by atoms with Crippen molar-refractivity contribution in [2.75, 3.05) is 26.7 Å². The Bertz CT molecular complexity index is 741. The van der Waals surface area contributed by atoms with E-state index in [-0.39, 0.29) is 0 Å². The molecule has 4 nitrogen and oxygen atoms in total. The van der Waals surface area contributed by atoms with Crippen molar-refractivity contribution in [1.29, 1.82) is 5.26 Å². The predicted molar refractivity (Wildman–Crippen MR) is 92.4 cm³/mol. The molecular weight excluding hydrogens is 284 g/mol. The van der Waals surface area contributed by atoms with Gasteiger partial charge in [-0.05, 0) is 49.5 Å². The number of fused-ring (bicyclic) bond motifs is 2. The molecule has 120 valence electrons. The van der Waals surface area contributed by atoms with Gasteiger partial charge in [0, 0.05) is 48.6 Å². The van der Waals surface area contributed by atoms with Gasteiger partial charge in [0.25, 0.3) is 0 Å². The van der Waals surface area contributed by atoms with Crippen LogP contribution in [-0.2, 0) is 6.42 Å². The topological polar surface area (TPSA) is 54.9 Å². The third kappa shape index (κ3) is 2.54. The van der Waals surface area contributed by atoms with Crippen LogP contribution in [-0.4, -0.2) is 42.6 Å². The summed E-state index contributed by atoms with van der Waals surface area (Å²) in [5.41, 5.74) is 4.30. The summed E-state index contributed by atoms with van der Waals surface area (Å²) >= 11 is 0. The second kappa shape index (κ2) is 5.99. The van der Waals surface area contributed by atoms with E-state index in [4.69, 9.17) is 5.26 Å². The van der Waals surface area contributed by atoms with Gasteiger partial charge in [-0.15, -0.1) is 0 Å². The number of nitrogens with one attached hydrogen (secondary N) is 2. The second-order valence-electron chi connectivity index (χ2n) is 7.12. The minimum absolute atomic E-state index is 0.598. The Morgan fingerprint density at radius 3 is 3.22 bits per heavy atom. The molecule has 0 spiro atoms. The first-order valence-corrected chi connectivity index (χ1v) is 8.64. The molecule has 1 aliphatic carbocycles.